The van der Waals surface area contributed by atoms with E-state index in [0.717, 1.165) is 5.56 Å². The molecule has 2 aliphatic rings. The predicted octanol–water partition coefficient (Wildman–Crippen LogP) is 2.98. The van der Waals surface area contributed by atoms with E-state index in [4.69, 9.17) is 14.3 Å². The number of hydrogen-bond acceptors (Lipinski definition) is 7. The molecule has 2 aliphatic heterocycles. The van der Waals surface area contributed by atoms with Crippen molar-refractivity contribution >= 4 is 23.8 Å². The molecule has 166 valence electrons. The third kappa shape index (κ3) is 3.62. The Hall–Kier alpha value is -3.68. The molecule has 0 N–H and O–H groups in total. The first-order valence-corrected chi connectivity index (χ1v) is 10.5. The number of para-hydroxylation sites is 1. The van der Waals surface area contributed by atoms with E-state index in [1.165, 1.54) is 12.1 Å². The number of fused-ring (bicyclic) bond motifs is 2. The zero-order valence-electron chi connectivity index (χ0n) is 17.9. The van der Waals surface area contributed by atoms with Crippen LogP contribution in [0.2, 0.25) is 0 Å². The third-order valence-corrected chi connectivity index (χ3v) is 5.82. The lowest BCUT2D eigenvalue weighted by atomic mass is 9.77. The molecule has 2 heterocycles. The summed E-state index contributed by atoms with van der Waals surface area (Å²) >= 11 is 0. The van der Waals surface area contributed by atoms with Crippen LogP contribution in [-0.2, 0) is 31.0 Å². The number of carbonyl (C=O) groups excluding carboxylic acids is 4. The third-order valence-electron chi connectivity index (χ3n) is 5.82. The molecule has 1 unspecified atom stereocenters. The largest absolute Gasteiger partial charge is 0.493 e. The van der Waals surface area contributed by atoms with Gasteiger partial charge in [0.2, 0.25) is 0 Å². The zero-order valence-corrected chi connectivity index (χ0v) is 17.9. The van der Waals surface area contributed by atoms with Crippen LogP contribution in [0, 0.1) is 0 Å². The first-order chi connectivity index (χ1) is 15.4. The Kier molecular flexibility index (Phi) is 5.69. The number of benzene rings is 2. The minimum Gasteiger partial charge on any atom is -0.493 e. The molecule has 1 atom stereocenters. The van der Waals surface area contributed by atoms with E-state index in [0.29, 0.717) is 35.8 Å². The van der Waals surface area contributed by atoms with Gasteiger partial charge in [-0.15, -0.1) is 0 Å². The fourth-order valence-electron chi connectivity index (χ4n) is 3.99. The standard InChI is InChI=1S/C24H23NO7/c1-3-30-19(26)12-11-15-7-6-10-18-20(15)31-14-13-24(18,2)23(29)32-25-21(27)16-8-4-5-9-17(16)22(25)28/h4-10H,3,11-14H2,1-2H3. The maximum atomic E-state index is 13.2. The molecular formula is C24H23NO7. The quantitative estimate of drug-likeness (QED) is 0.506. The summed E-state index contributed by atoms with van der Waals surface area (Å²) in [6.45, 7) is 4.00. The number of carbonyl (C=O) groups is 4. The van der Waals surface area contributed by atoms with Gasteiger partial charge in [0, 0.05) is 18.4 Å². The van der Waals surface area contributed by atoms with Crippen LogP contribution in [0.4, 0.5) is 0 Å². The Morgan fingerprint density at radius 2 is 1.75 bits per heavy atom. The van der Waals surface area contributed by atoms with Crippen molar-refractivity contribution in [3.05, 3.63) is 64.7 Å². The summed E-state index contributed by atoms with van der Waals surface area (Å²) in [4.78, 5) is 55.5. The second-order valence-corrected chi connectivity index (χ2v) is 7.86. The van der Waals surface area contributed by atoms with Crippen LogP contribution in [0.5, 0.6) is 5.75 Å². The minimum atomic E-state index is -1.14. The molecule has 0 fully saturated rings. The molecule has 2 aromatic carbocycles. The van der Waals surface area contributed by atoms with Gasteiger partial charge in [-0.05, 0) is 38.0 Å². The van der Waals surface area contributed by atoms with Crippen molar-refractivity contribution in [2.75, 3.05) is 13.2 Å². The number of imide groups is 1. The number of nitrogens with zero attached hydrogens (tertiary/aromatic N) is 1. The summed E-state index contributed by atoms with van der Waals surface area (Å²) in [5, 5.41) is 0.526. The number of aryl methyl sites for hydroxylation is 1. The monoisotopic (exact) mass is 437 g/mol. The molecule has 0 saturated heterocycles. The van der Waals surface area contributed by atoms with Crippen LogP contribution >= 0.6 is 0 Å². The first-order valence-electron chi connectivity index (χ1n) is 10.5. The van der Waals surface area contributed by atoms with Gasteiger partial charge in [0.15, 0.2) is 0 Å². The van der Waals surface area contributed by atoms with Gasteiger partial charge in [0.1, 0.15) is 5.75 Å². The van der Waals surface area contributed by atoms with E-state index in [9.17, 15) is 19.2 Å². The second kappa shape index (κ2) is 8.45. The van der Waals surface area contributed by atoms with Crippen molar-refractivity contribution in [1.82, 2.24) is 5.06 Å². The van der Waals surface area contributed by atoms with Gasteiger partial charge >= 0.3 is 11.9 Å². The summed E-state index contributed by atoms with van der Waals surface area (Å²) in [5.74, 6) is -1.85. The summed E-state index contributed by atoms with van der Waals surface area (Å²) in [6.07, 6.45) is 0.888. The molecule has 8 heteroatoms. The smallest absolute Gasteiger partial charge is 0.343 e. The van der Waals surface area contributed by atoms with E-state index in [1.807, 2.05) is 6.07 Å². The molecule has 0 saturated carbocycles. The van der Waals surface area contributed by atoms with Gasteiger partial charge in [-0.2, -0.15) is 0 Å². The highest BCUT2D eigenvalue weighted by Crippen LogP contribution is 2.42. The van der Waals surface area contributed by atoms with E-state index >= 15 is 0 Å². The topological polar surface area (TPSA) is 99.2 Å². The van der Waals surface area contributed by atoms with E-state index in [1.54, 1.807) is 38.1 Å². The highest BCUT2D eigenvalue weighted by atomic mass is 16.7. The number of esters is 1. The number of hydrogen-bond donors (Lipinski definition) is 0. The molecule has 4 rings (SSSR count). The normalized spacial score (nSPS) is 19.1. The van der Waals surface area contributed by atoms with Crippen LogP contribution in [0.25, 0.3) is 0 Å². The predicted molar refractivity (Wildman–Crippen MR) is 112 cm³/mol. The van der Waals surface area contributed by atoms with Gasteiger partial charge in [-0.25, -0.2) is 4.79 Å². The van der Waals surface area contributed by atoms with Crippen LogP contribution in [0.3, 0.4) is 0 Å². The van der Waals surface area contributed by atoms with Crippen LogP contribution < -0.4 is 4.74 Å². The van der Waals surface area contributed by atoms with Gasteiger partial charge in [-0.1, -0.05) is 35.4 Å². The molecule has 0 aromatic heterocycles. The molecule has 0 bridgehead atoms. The van der Waals surface area contributed by atoms with Crippen molar-refractivity contribution in [3.8, 4) is 5.75 Å². The molecule has 2 amide bonds. The summed E-state index contributed by atoms with van der Waals surface area (Å²) in [7, 11) is 0. The van der Waals surface area contributed by atoms with Gasteiger partial charge in [-0.3, -0.25) is 14.4 Å². The maximum Gasteiger partial charge on any atom is 0.343 e. The fourth-order valence-corrected chi connectivity index (χ4v) is 3.99. The number of ether oxygens (including phenoxy) is 2. The van der Waals surface area contributed by atoms with E-state index in [-0.39, 0.29) is 30.1 Å². The molecule has 2 aromatic rings. The van der Waals surface area contributed by atoms with Crippen LogP contribution in [-0.4, -0.2) is 42.0 Å². The summed E-state index contributed by atoms with van der Waals surface area (Å²) in [5.41, 5.74) is 0.623. The Morgan fingerprint density at radius 3 is 2.41 bits per heavy atom. The maximum absolute atomic E-state index is 13.2. The van der Waals surface area contributed by atoms with Gasteiger partial charge < -0.3 is 14.3 Å². The SMILES string of the molecule is CCOC(=O)CCc1cccc2c1OCCC2(C)C(=O)ON1C(=O)c2ccccc2C1=O. The Morgan fingerprint density at radius 1 is 1.06 bits per heavy atom. The second-order valence-electron chi connectivity index (χ2n) is 7.86. The van der Waals surface area contributed by atoms with Crippen molar-refractivity contribution in [1.29, 1.82) is 0 Å². The average molecular weight is 437 g/mol. The molecule has 8 nitrogen and oxygen atoms in total. The van der Waals surface area contributed by atoms with Crippen molar-refractivity contribution in [3.63, 3.8) is 0 Å². The Labute approximate surface area is 185 Å². The van der Waals surface area contributed by atoms with Crippen LogP contribution in [0.15, 0.2) is 42.5 Å². The first kappa shape index (κ1) is 21.5. The molecule has 0 aliphatic carbocycles. The number of rotatable bonds is 6. The zero-order chi connectivity index (χ0) is 22.9. The highest BCUT2D eigenvalue weighted by Gasteiger charge is 2.46. The van der Waals surface area contributed by atoms with Crippen molar-refractivity contribution < 1.29 is 33.5 Å². The highest BCUT2D eigenvalue weighted by molar-refractivity contribution is 6.21. The fraction of sp³-hybridized carbons (Fsp3) is 0.333. The number of hydroxylamine groups is 2. The van der Waals surface area contributed by atoms with Crippen LogP contribution in [0.1, 0.15) is 58.5 Å². The molecule has 0 spiro atoms. The molecule has 0 radical (unpaired) electrons. The molecular weight excluding hydrogens is 414 g/mol. The summed E-state index contributed by atoms with van der Waals surface area (Å²) in [6, 6.07) is 11.7. The lowest BCUT2D eigenvalue weighted by Crippen LogP contribution is -2.44. The lowest BCUT2D eigenvalue weighted by Gasteiger charge is -2.35. The van der Waals surface area contributed by atoms with E-state index < -0.39 is 23.2 Å². The van der Waals surface area contributed by atoms with Crippen molar-refractivity contribution in [2.24, 2.45) is 0 Å². The summed E-state index contributed by atoms with van der Waals surface area (Å²) < 4.78 is 10.8. The van der Waals surface area contributed by atoms with Gasteiger partial charge in [0.25, 0.3) is 11.8 Å². The lowest BCUT2D eigenvalue weighted by molar-refractivity contribution is -0.176. The number of amides is 2. The minimum absolute atomic E-state index is 0.184. The average Bonchev–Trinajstić information content (AvgIpc) is 3.03. The Balaban J connectivity index is 1.57. The van der Waals surface area contributed by atoms with Crippen molar-refractivity contribution in [2.45, 2.75) is 38.5 Å². The van der Waals surface area contributed by atoms with E-state index in [2.05, 4.69) is 0 Å². The Bertz CT molecular complexity index is 1070. The molecule has 32 heavy (non-hydrogen) atoms. The van der Waals surface area contributed by atoms with Gasteiger partial charge in [0.05, 0.1) is 29.8 Å².